The Morgan fingerprint density at radius 2 is 2.24 bits per heavy atom. The highest BCUT2D eigenvalue weighted by Gasteiger charge is 2.35. The van der Waals surface area contributed by atoms with E-state index in [9.17, 15) is 4.79 Å². The zero-order valence-electron chi connectivity index (χ0n) is 14.0. The van der Waals surface area contributed by atoms with Crippen LogP contribution in [0.3, 0.4) is 0 Å². The molecule has 1 aliphatic rings. The van der Waals surface area contributed by atoms with Crippen molar-refractivity contribution in [3.05, 3.63) is 53.6 Å². The Morgan fingerprint density at radius 3 is 2.96 bits per heavy atom. The van der Waals surface area contributed by atoms with Crippen LogP contribution in [-0.4, -0.2) is 47.2 Å². The molecule has 0 spiro atoms. The van der Waals surface area contributed by atoms with Gasteiger partial charge in [-0.15, -0.1) is 5.10 Å². The third-order valence-electron chi connectivity index (χ3n) is 4.35. The average molecular weight is 338 g/mol. The van der Waals surface area contributed by atoms with Gasteiger partial charge >= 0.3 is 6.03 Å². The molecule has 9 nitrogen and oxygen atoms in total. The number of pyridine rings is 1. The number of aryl methyl sites for hydroxylation is 2. The molecule has 9 heteroatoms. The van der Waals surface area contributed by atoms with Gasteiger partial charge in [0, 0.05) is 31.9 Å². The topological polar surface area (TPSA) is 105 Å². The number of fused-ring (bicyclic) bond motifs is 1. The molecule has 3 aromatic rings. The highest BCUT2D eigenvalue weighted by molar-refractivity contribution is 5.88. The first-order chi connectivity index (χ1) is 12.1. The fourth-order valence-corrected chi connectivity index (χ4v) is 3.02. The second kappa shape index (κ2) is 6.00. The van der Waals surface area contributed by atoms with Gasteiger partial charge in [-0.2, -0.15) is 4.98 Å². The van der Waals surface area contributed by atoms with Crippen LogP contribution in [-0.2, 0) is 13.5 Å². The lowest BCUT2D eigenvalue weighted by Crippen LogP contribution is -2.43. The number of nitrogens with one attached hydrogen (secondary N) is 2. The maximum atomic E-state index is 12.9. The van der Waals surface area contributed by atoms with Crippen molar-refractivity contribution in [3.63, 3.8) is 0 Å². The van der Waals surface area contributed by atoms with E-state index in [-0.39, 0.29) is 18.0 Å². The van der Waals surface area contributed by atoms with Gasteiger partial charge in [0.2, 0.25) is 5.95 Å². The molecule has 2 N–H and O–H groups in total. The summed E-state index contributed by atoms with van der Waals surface area (Å²) >= 11 is 0. The van der Waals surface area contributed by atoms with Crippen molar-refractivity contribution >= 4 is 12.0 Å². The quantitative estimate of drug-likeness (QED) is 0.735. The Labute approximate surface area is 144 Å². The number of carbonyl (C=O) groups is 1. The average Bonchev–Trinajstić information content (AvgIpc) is 3.21. The minimum absolute atomic E-state index is 0.269. The molecule has 1 atom stereocenters. The fraction of sp³-hybridized carbons (Fsp3) is 0.312. The Kier molecular flexibility index (Phi) is 3.68. The number of carbonyl (C=O) groups excluding carboxylic acids is 1. The number of aromatic nitrogens is 6. The molecule has 0 aromatic carbocycles. The first-order valence-electron chi connectivity index (χ1n) is 8.02. The lowest BCUT2D eigenvalue weighted by Gasteiger charge is -2.34. The van der Waals surface area contributed by atoms with Crippen molar-refractivity contribution in [2.45, 2.75) is 19.4 Å². The number of hydrogen-bond acceptors (Lipinski definition) is 5. The molecule has 3 aromatic heterocycles. The summed E-state index contributed by atoms with van der Waals surface area (Å²) < 4.78 is 1.62. The molecule has 0 saturated heterocycles. The second-order valence-corrected chi connectivity index (χ2v) is 5.90. The molecular weight excluding hydrogens is 320 g/mol. The molecule has 1 aliphatic heterocycles. The normalized spacial score (nSPS) is 16.6. The van der Waals surface area contributed by atoms with Crippen molar-refractivity contribution in [1.82, 2.24) is 34.6 Å². The maximum absolute atomic E-state index is 12.9. The number of anilines is 1. The number of aromatic amines is 1. The molecule has 4 rings (SSSR count). The molecule has 0 unspecified atom stereocenters. The Morgan fingerprint density at radius 1 is 1.36 bits per heavy atom. The highest BCUT2D eigenvalue weighted by atomic mass is 16.2. The minimum atomic E-state index is -0.346. The number of urea groups is 1. The molecule has 0 saturated carbocycles. The molecular formula is C16H18N8O. The van der Waals surface area contributed by atoms with Crippen LogP contribution in [0.5, 0.6) is 0 Å². The zero-order chi connectivity index (χ0) is 17.4. The Balaban J connectivity index is 1.66. The van der Waals surface area contributed by atoms with Crippen LogP contribution in [0.15, 0.2) is 30.7 Å². The number of nitrogens with zero attached hydrogens (tertiary/aromatic N) is 6. The summed E-state index contributed by atoms with van der Waals surface area (Å²) in [5, 5.41) is 6.96. The predicted octanol–water partition coefficient (Wildman–Crippen LogP) is 1.42. The van der Waals surface area contributed by atoms with Crippen LogP contribution in [0.1, 0.15) is 28.9 Å². The van der Waals surface area contributed by atoms with Crippen LogP contribution in [0.25, 0.3) is 0 Å². The third kappa shape index (κ3) is 2.73. The molecule has 25 heavy (non-hydrogen) atoms. The van der Waals surface area contributed by atoms with Gasteiger partial charge in [-0.3, -0.25) is 15.0 Å². The van der Waals surface area contributed by atoms with E-state index >= 15 is 0 Å². The van der Waals surface area contributed by atoms with Crippen molar-refractivity contribution < 1.29 is 4.79 Å². The third-order valence-corrected chi connectivity index (χ3v) is 4.35. The van der Waals surface area contributed by atoms with E-state index in [2.05, 4.69) is 30.4 Å². The van der Waals surface area contributed by atoms with Crippen molar-refractivity contribution in [2.24, 2.45) is 7.05 Å². The van der Waals surface area contributed by atoms with Crippen molar-refractivity contribution in [1.29, 1.82) is 0 Å². The summed E-state index contributed by atoms with van der Waals surface area (Å²) in [5.41, 5.74) is 2.63. The van der Waals surface area contributed by atoms with Gasteiger partial charge in [0.1, 0.15) is 11.9 Å². The van der Waals surface area contributed by atoms with Gasteiger partial charge in [0.15, 0.2) is 0 Å². The summed E-state index contributed by atoms with van der Waals surface area (Å²) in [4.78, 5) is 30.8. The number of imidazole rings is 1. The number of amides is 2. The van der Waals surface area contributed by atoms with Gasteiger partial charge in [-0.25, -0.2) is 9.78 Å². The number of rotatable bonds is 2. The van der Waals surface area contributed by atoms with Crippen LogP contribution in [0.2, 0.25) is 0 Å². The molecule has 128 valence electrons. The smallest absolute Gasteiger partial charge is 0.325 e. The molecule has 0 bridgehead atoms. The molecule has 0 aliphatic carbocycles. The standard InChI is InChI=1S/C16H18N8O/c1-10-20-15(22-23(10)2)21-16(25)24-8-6-11-13(19-9-18-11)14(24)12-5-3-4-7-17-12/h3-5,7,9,14H,6,8H2,1-2H3,(H,18,19)(H,21,22,25)/t14-/m0/s1. The Bertz CT molecular complexity index is 881. The maximum Gasteiger partial charge on any atom is 0.325 e. The summed E-state index contributed by atoms with van der Waals surface area (Å²) in [6.07, 6.45) is 4.09. The minimum Gasteiger partial charge on any atom is -0.348 e. The number of hydrogen-bond donors (Lipinski definition) is 2. The van der Waals surface area contributed by atoms with Gasteiger partial charge in [0.25, 0.3) is 0 Å². The lowest BCUT2D eigenvalue weighted by molar-refractivity contribution is 0.191. The fourth-order valence-electron chi connectivity index (χ4n) is 3.02. The highest BCUT2D eigenvalue weighted by Crippen LogP contribution is 2.32. The zero-order valence-corrected chi connectivity index (χ0v) is 14.0. The van der Waals surface area contributed by atoms with E-state index in [4.69, 9.17) is 0 Å². The van der Waals surface area contributed by atoms with E-state index in [0.717, 1.165) is 22.9 Å². The van der Waals surface area contributed by atoms with E-state index in [1.165, 1.54) is 0 Å². The van der Waals surface area contributed by atoms with Gasteiger partial charge < -0.3 is 9.88 Å². The molecule has 0 fully saturated rings. The first-order valence-corrected chi connectivity index (χ1v) is 8.02. The lowest BCUT2D eigenvalue weighted by atomic mass is 10.00. The van der Waals surface area contributed by atoms with E-state index in [0.29, 0.717) is 13.0 Å². The SMILES string of the molecule is Cc1nc(NC(=O)N2CCc3[nH]cnc3[C@@H]2c2ccccn2)nn1C. The van der Waals surface area contributed by atoms with Gasteiger partial charge in [0.05, 0.1) is 17.7 Å². The number of H-pyrrole nitrogens is 1. The summed E-state index contributed by atoms with van der Waals surface area (Å²) in [6.45, 7) is 2.38. The largest absolute Gasteiger partial charge is 0.348 e. The van der Waals surface area contributed by atoms with E-state index in [1.54, 1.807) is 29.2 Å². The van der Waals surface area contributed by atoms with Crippen molar-refractivity contribution in [2.75, 3.05) is 11.9 Å². The molecule has 4 heterocycles. The monoisotopic (exact) mass is 338 g/mol. The van der Waals surface area contributed by atoms with Crippen LogP contribution in [0.4, 0.5) is 10.7 Å². The van der Waals surface area contributed by atoms with Gasteiger partial charge in [-0.05, 0) is 19.1 Å². The van der Waals surface area contributed by atoms with E-state index < -0.39 is 0 Å². The molecule has 0 radical (unpaired) electrons. The predicted molar refractivity (Wildman–Crippen MR) is 89.8 cm³/mol. The second-order valence-electron chi connectivity index (χ2n) is 5.90. The van der Waals surface area contributed by atoms with Crippen molar-refractivity contribution in [3.8, 4) is 0 Å². The Hall–Kier alpha value is -3.23. The van der Waals surface area contributed by atoms with Crippen LogP contribution in [0, 0.1) is 6.92 Å². The van der Waals surface area contributed by atoms with Crippen LogP contribution >= 0.6 is 0 Å². The molecule has 2 amide bonds. The van der Waals surface area contributed by atoms with Gasteiger partial charge in [-0.1, -0.05) is 6.07 Å². The summed E-state index contributed by atoms with van der Waals surface area (Å²) in [6, 6.07) is 5.04. The van der Waals surface area contributed by atoms with E-state index in [1.807, 2.05) is 25.1 Å². The van der Waals surface area contributed by atoms with Crippen LogP contribution < -0.4 is 5.32 Å². The first kappa shape index (κ1) is 15.3. The summed E-state index contributed by atoms with van der Waals surface area (Å²) in [5.74, 6) is 1.02. The summed E-state index contributed by atoms with van der Waals surface area (Å²) in [7, 11) is 1.78.